The van der Waals surface area contributed by atoms with Gasteiger partial charge in [-0.05, 0) is 133 Å². The Bertz CT molecular complexity index is 2800. The van der Waals surface area contributed by atoms with E-state index in [1.807, 2.05) is 45.3 Å². The van der Waals surface area contributed by atoms with Crippen molar-refractivity contribution in [1.82, 2.24) is 0 Å². The summed E-state index contributed by atoms with van der Waals surface area (Å²) >= 11 is 11.2. The van der Waals surface area contributed by atoms with Crippen LogP contribution in [0.3, 0.4) is 0 Å². The third-order valence-corrected chi connectivity index (χ3v) is 20.4. The average molecular weight is 1010 g/mol. The number of hydrogen-bond donors (Lipinski definition) is 0. The van der Waals surface area contributed by atoms with Crippen LogP contribution in [-0.4, -0.2) is 0 Å². The topological polar surface area (TPSA) is 95.2 Å². The molecule has 0 saturated carbocycles. The van der Waals surface area contributed by atoms with Crippen LogP contribution in [0.25, 0.3) is 71.3 Å². The lowest BCUT2D eigenvalue weighted by Gasteiger charge is -2.02. The van der Waals surface area contributed by atoms with Crippen LogP contribution < -0.4 is 0 Å². The number of nitriles is 4. The van der Waals surface area contributed by atoms with Crippen molar-refractivity contribution in [2.24, 2.45) is 0 Å². The van der Waals surface area contributed by atoms with Gasteiger partial charge >= 0.3 is 0 Å². The maximum Gasteiger partial charge on any atom is 0.131 e. The van der Waals surface area contributed by atoms with Gasteiger partial charge in [-0.2, -0.15) is 21.0 Å². The first kappa shape index (κ1) is 51.2. The molecular weight excluding hydrogens is 945 g/mol. The Morgan fingerprint density at radius 2 is 0.691 bits per heavy atom. The summed E-state index contributed by atoms with van der Waals surface area (Å²) in [4.78, 5) is 12.6. The summed E-state index contributed by atoms with van der Waals surface area (Å²) in [6.45, 7) is 9.05. The minimum atomic E-state index is 0.148. The average Bonchev–Trinajstić information content (AvgIpc) is 4.22. The molecule has 6 heterocycles. The lowest BCUT2D eigenvalue weighted by atomic mass is 10.0. The molecule has 0 bridgehead atoms. The smallest absolute Gasteiger partial charge is 0.131 e. The molecule has 7 aromatic rings. The fourth-order valence-corrected chi connectivity index (χ4v) is 16.7. The van der Waals surface area contributed by atoms with Gasteiger partial charge in [0.15, 0.2) is 0 Å². The van der Waals surface area contributed by atoms with Crippen molar-refractivity contribution in [2.45, 2.75) is 156 Å². The van der Waals surface area contributed by atoms with Gasteiger partial charge in [0.25, 0.3) is 0 Å². The zero-order valence-electron chi connectivity index (χ0n) is 40.2. The molecular formula is C58H62N4S6. The second-order valence-corrected chi connectivity index (χ2v) is 24.2. The highest BCUT2D eigenvalue weighted by Gasteiger charge is 2.22. The highest BCUT2D eigenvalue weighted by molar-refractivity contribution is 7.33. The van der Waals surface area contributed by atoms with E-state index in [0.717, 1.165) is 48.3 Å². The number of allylic oxidation sites excluding steroid dienone is 2. The van der Waals surface area contributed by atoms with Crippen molar-refractivity contribution in [2.75, 3.05) is 0 Å². The van der Waals surface area contributed by atoms with Crippen molar-refractivity contribution in [3.8, 4) is 63.3 Å². The van der Waals surface area contributed by atoms with Crippen LogP contribution in [0, 0.1) is 45.3 Å². The number of benzene rings is 1. The molecule has 0 atom stereocenters. The molecule has 0 unspecified atom stereocenters. The second kappa shape index (κ2) is 25.8. The zero-order valence-corrected chi connectivity index (χ0v) is 45.1. The highest BCUT2D eigenvalue weighted by Crippen LogP contribution is 2.51. The predicted molar refractivity (Wildman–Crippen MR) is 300 cm³/mol. The molecule has 68 heavy (non-hydrogen) atoms. The largest absolute Gasteiger partial charge is 0.192 e. The Morgan fingerprint density at radius 1 is 0.382 bits per heavy atom. The van der Waals surface area contributed by atoms with Gasteiger partial charge in [0.1, 0.15) is 35.4 Å². The number of aryl methyl sites for hydroxylation is 4. The molecule has 0 aliphatic carbocycles. The van der Waals surface area contributed by atoms with Crippen molar-refractivity contribution in [3.05, 3.63) is 91.7 Å². The molecule has 0 N–H and O–H groups in total. The molecule has 0 fully saturated rings. The Hall–Kier alpha value is -4.62. The Morgan fingerprint density at radius 3 is 1.01 bits per heavy atom. The fraction of sp³-hybridized carbons (Fsp3) is 0.414. The molecule has 350 valence electrons. The summed E-state index contributed by atoms with van der Waals surface area (Å²) in [5.74, 6) is 0. The number of unbranched alkanes of at least 4 members (excludes halogenated alkanes) is 12. The number of nitrogens with zero attached hydrogens (tertiary/aromatic N) is 4. The van der Waals surface area contributed by atoms with Crippen molar-refractivity contribution in [1.29, 1.82) is 21.0 Å². The van der Waals surface area contributed by atoms with Gasteiger partial charge in [-0.1, -0.05) is 117 Å². The van der Waals surface area contributed by atoms with Crippen LogP contribution in [0.15, 0.2) is 59.7 Å². The van der Waals surface area contributed by atoms with Crippen LogP contribution in [0.4, 0.5) is 0 Å². The summed E-state index contributed by atoms with van der Waals surface area (Å²) in [7, 11) is 0. The summed E-state index contributed by atoms with van der Waals surface area (Å²) in [6, 6.07) is 27.2. The van der Waals surface area contributed by atoms with E-state index in [1.165, 1.54) is 171 Å². The molecule has 0 spiro atoms. The highest BCUT2D eigenvalue weighted by atomic mass is 32.1. The molecule has 0 amide bonds. The lowest BCUT2D eigenvalue weighted by molar-refractivity contribution is 0.667. The summed E-state index contributed by atoms with van der Waals surface area (Å²) in [5.41, 5.74) is 5.82. The van der Waals surface area contributed by atoms with Crippen molar-refractivity contribution >= 4 is 100 Å². The third-order valence-electron chi connectivity index (χ3n) is 12.6. The first-order valence-corrected chi connectivity index (χ1v) is 29.8. The Labute approximate surface area is 429 Å². The summed E-state index contributed by atoms with van der Waals surface area (Å²) < 4.78 is 2.72. The minimum absolute atomic E-state index is 0.148. The third kappa shape index (κ3) is 12.8. The second-order valence-electron chi connectivity index (χ2n) is 17.9. The maximum atomic E-state index is 9.59. The molecule has 0 aliphatic heterocycles. The monoisotopic (exact) mass is 1010 g/mol. The van der Waals surface area contributed by atoms with Crippen LogP contribution in [0.5, 0.6) is 0 Å². The summed E-state index contributed by atoms with van der Waals surface area (Å²) in [6.07, 6.45) is 26.9. The summed E-state index contributed by atoms with van der Waals surface area (Å²) in [5, 5.41) is 41.0. The molecule has 6 aromatic heterocycles. The van der Waals surface area contributed by atoms with Gasteiger partial charge in [0, 0.05) is 48.8 Å². The zero-order chi connectivity index (χ0) is 47.8. The predicted octanol–water partition coefficient (Wildman–Crippen LogP) is 20.4. The van der Waals surface area contributed by atoms with Gasteiger partial charge in [-0.15, -0.1) is 68.0 Å². The molecule has 0 radical (unpaired) electrons. The van der Waals surface area contributed by atoms with E-state index in [1.54, 1.807) is 34.8 Å². The fourth-order valence-electron chi connectivity index (χ4n) is 8.95. The van der Waals surface area contributed by atoms with Crippen molar-refractivity contribution in [3.63, 3.8) is 0 Å². The number of thiophene rings is 6. The Balaban J connectivity index is 1.29. The number of hydrogen-bond acceptors (Lipinski definition) is 10. The number of rotatable bonds is 26. The van der Waals surface area contributed by atoms with E-state index in [0.29, 0.717) is 0 Å². The first-order valence-electron chi connectivity index (χ1n) is 24.9. The normalized spacial score (nSPS) is 11.2. The molecule has 7 rings (SSSR count). The van der Waals surface area contributed by atoms with Gasteiger partial charge in [-0.25, -0.2) is 0 Å². The van der Waals surface area contributed by atoms with Crippen LogP contribution in [0.1, 0.15) is 162 Å². The quantitative estimate of drug-likeness (QED) is 0.0399. The van der Waals surface area contributed by atoms with E-state index < -0.39 is 0 Å². The van der Waals surface area contributed by atoms with E-state index in [4.69, 9.17) is 0 Å². The molecule has 4 nitrogen and oxygen atoms in total. The van der Waals surface area contributed by atoms with E-state index in [-0.39, 0.29) is 11.1 Å². The van der Waals surface area contributed by atoms with Gasteiger partial charge in [0.2, 0.25) is 0 Å². The Kier molecular flexibility index (Phi) is 19.5. The molecule has 1 aromatic carbocycles. The van der Waals surface area contributed by atoms with Crippen LogP contribution >= 0.6 is 68.0 Å². The molecule has 10 heteroatoms. The SMILES string of the molecule is CCCCCCc1cc(C=C(C#N)C#N)sc1-c1cc(CCCCCC)c(-c2cc3ccc4cc(-c5sc(-c6sc(C=C(C#N)C#N)cc6CCCCCC)cc5CCCCCC)sc4c3s2)s1. The van der Waals surface area contributed by atoms with Gasteiger partial charge in [0.05, 0.1) is 9.40 Å². The van der Waals surface area contributed by atoms with Crippen LogP contribution in [0.2, 0.25) is 0 Å². The molecule has 0 saturated heterocycles. The van der Waals surface area contributed by atoms with E-state index in [2.05, 4.69) is 101 Å². The lowest BCUT2D eigenvalue weighted by Crippen LogP contribution is -1.86. The van der Waals surface area contributed by atoms with Gasteiger partial charge < -0.3 is 0 Å². The standard InChI is InChI=1S/C58H62N4S6/c1-5-9-13-17-21-41-29-47(27-39(35-59)36-60)63-53(41)49-31-43(23-19-15-11-7-3)55(65-49)51-33-45-25-26-46-34-52(68-58(46)57(45)67-51)56-44(24-20-16-12-8-4)32-50(66-56)54-42(22-18-14-10-6-2)30-48(64-54)28-40(37-61)38-62/h25-34H,5-24H2,1-4H3. The van der Waals surface area contributed by atoms with Gasteiger partial charge in [-0.3, -0.25) is 0 Å². The molecule has 0 aliphatic rings. The van der Waals surface area contributed by atoms with E-state index >= 15 is 0 Å². The number of fused-ring (bicyclic) bond motifs is 3. The van der Waals surface area contributed by atoms with Crippen molar-refractivity contribution < 1.29 is 0 Å². The minimum Gasteiger partial charge on any atom is -0.192 e. The van der Waals surface area contributed by atoms with E-state index in [9.17, 15) is 21.0 Å². The first-order chi connectivity index (χ1) is 33.3. The van der Waals surface area contributed by atoms with Crippen LogP contribution in [-0.2, 0) is 25.7 Å². The maximum absolute atomic E-state index is 9.59.